The van der Waals surface area contributed by atoms with E-state index in [1.807, 2.05) is 23.1 Å². The van der Waals surface area contributed by atoms with Crippen molar-refractivity contribution < 1.29 is 14.1 Å². The molecule has 25 heavy (non-hydrogen) atoms. The topological polar surface area (TPSA) is 79.5 Å². The van der Waals surface area contributed by atoms with Gasteiger partial charge >= 0.3 is 0 Å². The fourth-order valence-electron chi connectivity index (χ4n) is 3.83. The Morgan fingerprint density at radius 3 is 2.88 bits per heavy atom. The second kappa shape index (κ2) is 5.98. The first-order chi connectivity index (χ1) is 12.1. The van der Waals surface area contributed by atoms with E-state index in [1.165, 1.54) is 6.20 Å². The van der Waals surface area contributed by atoms with Crippen LogP contribution in [0.2, 0.25) is 0 Å². The van der Waals surface area contributed by atoms with Gasteiger partial charge in [0, 0.05) is 25.8 Å². The lowest BCUT2D eigenvalue weighted by Crippen LogP contribution is -2.38. The van der Waals surface area contributed by atoms with Crippen molar-refractivity contribution in [1.29, 1.82) is 0 Å². The van der Waals surface area contributed by atoms with Gasteiger partial charge in [0.15, 0.2) is 0 Å². The highest BCUT2D eigenvalue weighted by Crippen LogP contribution is 2.41. The van der Waals surface area contributed by atoms with Gasteiger partial charge in [-0.15, -0.1) is 0 Å². The average Bonchev–Trinajstić information content (AvgIpc) is 3.32. The fourth-order valence-corrected chi connectivity index (χ4v) is 3.83. The van der Waals surface area contributed by atoms with Crippen LogP contribution < -0.4 is 0 Å². The summed E-state index contributed by atoms with van der Waals surface area (Å²) in [7, 11) is 0. The van der Waals surface area contributed by atoms with E-state index >= 15 is 0 Å². The van der Waals surface area contributed by atoms with Crippen LogP contribution in [-0.2, 0) is 11.3 Å². The summed E-state index contributed by atoms with van der Waals surface area (Å²) in [6.45, 7) is 4.02. The van der Waals surface area contributed by atoms with E-state index in [-0.39, 0.29) is 11.8 Å². The molecule has 2 aromatic heterocycles. The molecule has 0 unspecified atom stereocenters. The van der Waals surface area contributed by atoms with Crippen molar-refractivity contribution in [3.8, 4) is 0 Å². The first-order valence-corrected chi connectivity index (χ1v) is 8.49. The minimum absolute atomic E-state index is 0.105. The van der Waals surface area contributed by atoms with Gasteiger partial charge in [0.05, 0.1) is 23.9 Å². The third-order valence-electron chi connectivity index (χ3n) is 5.30. The molecular formula is C18H20N4O3. The molecule has 2 aromatic rings. The quantitative estimate of drug-likeness (QED) is 0.849. The molecule has 0 bridgehead atoms. The van der Waals surface area contributed by atoms with E-state index < -0.39 is 5.41 Å². The van der Waals surface area contributed by atoms with Gasteiger partial charge in [0.1, 0.15) is 11.3 Å². The van der Waals surface area contributed by atoms with Crippen molar-refractivity contribution in [2.75, 3.05) is 19.6 Å². The summed E-state index contributed by atoms with van der Waals surface area (Å²) in [5.74, 6) is 0.544. The number of hydrogen-bond donors (Lipinski definition) is 0. The molecule has 130 valence electrons. The van der Waals surface area contributed by atoms with Crippen molar-refractivity contribution in [2.24, 2.45) is 5.41 Å². The number of rotatable bonds is 3. The predicted octanol–water partition coefficient (Wildman–Crippen LogP) is 1.64. The van der Waals surface area contributed by atoms with Crippen molar-refractivity contribution in [3.63, 3.8) is 0 Å². The number of nitrogens with zero attached hydrogens (tertiary/aromatic N) is 4. The maximum absolute atomic E-state index is 13.0. The number of amides is 2. The van der Waals surface area contributed by atoms with Crippen LogP contribution in [0.1, 0.15) is 34.7 Å². The molecule has 2 amide bonds. The molecule has 0 aromatic carbocycles. The normalized spacial score (nSPS) is 23.0. The molecule has 0 radical (unpaired) electrons. The van der Waals surface area contributed by atoms with Gasteiger partial charge < -0.3 is 14.3 Å². The second-order valence-corrected chi connectivity index (χ2v) is 6.85. The zero-order valence-electron chi connectivity index (χ0n) is 14.1. The van der Waals surface area contributed by atoms with E-state index in [4.69, 9.17) is 4.52 Å². The van der Waals surface area contributed by atoms with Crippen molar-refractivity contribution in [1.82, 2.24) is 19.9 Å². The highest BCUT2D eigenvalue weighted by molar-refractivity contribution is 5.96. The maximum Gasteiger partial charge on any atom is 0.259 e. The molecule has 4 rings (SSSR count). The number of pyridine rings is 1. The molecular weight excluding hydrogens is 320 g/mol. The lowest BCUT2D eigenvalue weighted by atomic mass is 9.85. The van der Waals surface area contributed by atoms with Crippen LogP contribution in [0.3, 0.4) is 0 Å². The molecule has 7 nitrogen and oxygen atoms in total. The molecule has 7 heteroatoms. The SMILES string of the molecule is Cc1oncc1C(=O)N1CC[C@@]2(CCN(Cc3ccccn3)C2=O)C1. The van der Waals surface area contributed by atoms with E-state index in [1.54, 1.807) is 18.0 Å². The van der Waals surface area contributed by atoms with Crippen molar-refractivity contribution in [2.45, 2.75) is 26.3 Å². The summed E-state index contributed by atoms with van der Waals surface area (Å²) in [5, 5.41) is 3.67. The molecule has 0 aliphatic carbocycles. The minimum Gasteiger partial charge on any atom is -0.361 e. The molecule has 1 atom stereocenters. The Kier molecular flexibility index (Phi) is 3.78. The van der Waals surface area contributed by atoms with Crippen LogP contribution >= 0.6 is 0 Å². The summed E-state index contributed by atoms with van der Waals surface area (Å²) >= 11 is 0. The summed E-state index contributed by atoms with van der Waals surface area (Å²) < 4.78 is 4.99. The third-order valence-corrected chi connectivity index (χ3v) is 5.30. The molecule has 0 saturated carbocycles. The summed E-state index contributed by atoms with van der Waals surface area (Å²) in [6.07, 6.45) is 4.68. The minimum atomic E-state index is -0.449. The number of hydrogen-bond acceptors (Lipinski definition) is 5. The van der Waals surface area contributed by atoms with E-state index in [0.717, 1.165) is 12.1 Å². The third kappa shape index (κ3) is 2.69. The summed E-state index contributed by atoms with van der Waals surface area (Å²) in [6, 6.07) is 5.72. The summed E-state index contributed by atoms with van der Waals surface area (Å²) in [4.78, 5) is 33.5. The van der Waals surface area contributed by atoms with E-state index in [0.29, 0.717) is 43.9 Å². The van der Waals surface area contributed by atoms with Crippen LogP contribution in [0.15, 0.2) is 35.1 Å². The number of carbonyl (C=O) groups excluding carboxylic acids is 2. The Morgan fingerprint density at radius 2 is 2.16 bits per heavy atom. The first-order valence-electron chi connectivity index (χ1n) is 8.49. The summed E-state index contributed by atoms with van der Waals surface area (Å²) in [5.41, 5.74) is 0.918. The Bertz CT molecular complexity index is 804. The van der Waals surface area contributed by atoms with Crippen LogP contribution in [0.5, 0.6) is 0 Å². The lowest BCUT2D eigenvalue weighted by molar-refractivity contribution is -0.135. The van der Waals surface area contributed by atoms with Gasteiger partial charge in [-0.1, -0.05) is 11.2 Å². The zero-order valence-corrected chi connectivity index (χ0v) is 14.1. The van der Waals surface area contributed by atoms with Gasteiger partial charge in [0.25, 0.3) is 5.91 Å². The molecule has 1 spiro atoms. The molecule has 2 aliphatic rings. The first kappa shape index (κ1) is 15.8. The Hall–Kier alpha value is -2.70. The smallest absolute Gasteiger partial charge is 0.259 e. The van der Waals surface area contributed by atoms with E-state index in [2.05, 4.69) is 10.1 Å². The lowest BCUT2D eigenvalue weighted by Gasteiger charge is -2.23. The van der Waals surface area contributed by atoms with Gasteiger partial charge in [-0.25, -0.2) is 0 Å². The molecule has 2 aliphatic heterocycles. The second-order valence-electron chi connectivity index (χ2n) is 6.85. The average molecular weight is 340 g/mol. The molecule has 0 N–H and O–H groups in total. The number of aromatic nitrogens is 2. The Balaban J connectivity index is 1.46. The largest absolute Gasteiger partial charge is 0.361 e. The predicted molar refractivity (Wildman–Crippen MR) is 88.5 cm³/mol. The molecule has 2 saturated heterocycles. The van der Waals surface area contributed by atoms with E-state index in [9.17, 15) is 9.59 Å². The van der Waals surface area contributed by atoms with Gasteiger partial charge in [0.2, 0.25) is 5.91 Å². The highest BCUT2D eigenvalue weighted by atomic mass is 16.5. The van der Waals surface area contributed by atoms with Gasteiger partial charge in [-0.2, -0.15) is 0 Å². The standard InChI is InChI=1S/C18H20N4O3/c1-13-15(10-20-25-13)16(23)22-9-6-18(12-22)5-8-21(17(18)24)11-14-4-2-3-7-19-14/h2-4,7,10H,5-6,8-9,11-12H2,1H3/t18-/m0/s1. The zero-order chi connectivity index (χ0) is 17.4. The number of likely N-dealkylation sites (tertiary alicyclic amines) is 2. The molecule has 2 fully saturated rings. The monoisotopic (exact) mass is 340 g/mol. The van der Waals surface area contributed by atoms with Crippen LogP contribution in [0.4, 0.5) is 0 Å². The van der Waals surface area contributed by atoms with Crippen LogP contribution in [0.25, 0.3) is 0 Å². The van der Waals surface area contributed by atoms with Crippen molar-refractivity contribution in [3.05, 3.63) is 47.6 Å². The molecule has 4 heterocycles. The van der Waals surface area contributed by atoms with Gasteiger partial charge in [-0.3, -0.25) is 14.6 Å². The van der Waals surface area contributed by atoms with Crippen LogP contribution in [0, 0.1) is 12.3 Å². The number of aryl methyl sites for hydroxylation is 1. The van der Waals surface area contributed by atoms with Gasteiger partial charge in [-0.05, 0) is 31.9 Å². The maximum atomic E-state index is 13.0. The Labute approximate surface area is 145 Å². The highest BCUT2D eigenvalue weighted by Gasteiger charge is 2.51. The Morgan fingerprint density at radius 1 is 1.32 bits per heavy atom. The fraction of sp³-hybridized carbons (Fsp3) is 0.444. The van der Waals surface area contributed by atoms with Crippen LogP contribution in [-0.4, -0.2) is 51.4 Å². The number of carbonyl (C=O) groups is 2. The van der Waals surface area contributed by atoms with Crippen molar-refractivity contribution >= 4 is 11.8 Å².